The Balaban J connectivity index is 1.47. The summed E-state index contributed by atoms with van der Waals surface area (Å²) in [5.41, 5.74) is 0.343. The lowest BCUT2D eigenvalue weighted by Crippen LogP contribution is -2.45. The van der Waals surface area contributed by atoms with Gasteiger partial charge < -0.3 is 15.5 Å². The summed E-state index contributed by atoms with van der Waals surface area (Å²) in [6, 6.07) is 1.02. The van der Waals surface area contributed by atoms with Gasteiger partial charge in [-0.2, -0.15) is 18.3 Å². The normalized spacial score (nSPS) is 17.5. The summed E-state index contributed by atoms with van der Waals surface area (Å²) in [4.78, 5) is 10.1. The number of nitrogens with zero attached hydrogens (tertiary/aromatic N) is 5. The molecule has 0 amide bonds. The van der Waals surface area contributed by atoms with Crippen LogP contribution in [0.2, 0.25) is 5.02 Å². The molecule has 7 nitrogen and oxygen atoms in total. The number of halogens is 4. The molecule has 0 radical (unpaired) electrons. The Morgan fingerprint density at radius 1 is 1.37 bits per heavy atom. The molecule has 0 aliphatic carbocycles. The van der Waals surface area contributed by atoms with Crippen molar-refractivity contribution in [2.45, 2.75) is 31.5 Å². The van der Waals surface area contributed by atoms with Gasteiger partial charge in [-0.05, 0) is 30.9 Å². The fourth-order valence-electron chi connectivity index (χ4n) is 3.38. The number of guanidine groups is 1. The van der Waals surface area contributed by atoms with Crippen LogP contribution in [0.4, 0.5) is 19.0 Å². The number of pyridine rings is 1. The molecule has 1 saturated heterocycles. The Morgan fingerprint density at radius 2 is 2.17 bits per heavy atom. The molecule has 3 heterocycles. The highest BCUT2D eigenvalue weighted by Crippen LogP contribution is 2.34. The van der Waals surface area contributed by atoms with Gasteiger partial charge in [0.15, 0.2) is 5.96 Å². The summed E-state index contributed by atoms with van der Waals surface area (Å²) in [5.74, 6) is 1.06. The van der Waals surface area contributed by atoms with Gasteiger partial charge in [-0.15, -0.1) is 0 Å². The molecule has 2 aromatic rings. The molecule has 1 fully saturated rings. The summed E-state index contributed by atoms with van der Waals surface area (Å²) >= 11 is 6.07. The zero-order chi connectivity index (χ0) is 21.7. The largest absolute Gasteiger partial charge is 0.417 e. The Morgan fingerprint density at radius 3 is 2.80 bits per heavy atom. The van der Waals surface area contributed by atoms with E-state index in [0.29, 0.717) is 24.9 Å². The molecule has 0 spiro atoms. The predicted molar refractivity (Wildman–Crippen MR) is 111 cm³/mol. The van der Waals surface area contributed by atoms with E-state index >= 15 is 0 Å². The predicted octanol–water partition coefficient (Wildman–Crippen LogP) is 2.86. The maximum Gasteiger partial charge on any atom is 0.417 e. The molecule has 0 bridgehead atoms. The summed E-state index contributed by atoms with van der Waals surface area (Å²) in [5, 5.41) is 10.8. The standard InChI is InChI=1S/C19H25ClF3N7/c1-24-18(25-6-3-4-13-9-27-29(2)11-13)28-15-5-7-30(12-15)17-16(20)8-14(10-26-17)19(21,22)23/h8-11,15H,3-7,12H2,1-2H3,(H2,24,25,28). The van der Waals surface area contributed by atoms with Crippen molar-refractivity contribution in [2.75, 3.05) is 31.6 Å². The lowest BCUT2D eigenvalue weighted by Gasteiger charge is -2.21. The van der Waals surface area contributed by atoms with Gasteiger partial charge >= 0.3 is 6.18 Å². The van der Waals surface area contributed by atoms with E-state index in [4.69, 9.17) is 11.6 Å². The van der Waals surface area contributed by atoms with Crippen LogP contribution in [-0.2, 0) is 19.6 Å². The Hall–Kier alpha value is -2.49. The summed E-state index contributed by atoms with van der Waals surface area (Å²) < 4.78 is 40.2. The van der Waals surface area contributed by atoms with E-state index in [0.717, 1.165) is 38.1 Å². The first-order chi connectivity index (χ1) is 14.3. The molecular weight excluding hydrogens is 419 g/mol. The van der Waals surface area contributed by atoms with Crippen molar-refractivity contribution in [1.29, 1.82) is 0 Å². The van der Waals surface area contributed by atoms with Gasteiger partial charge in [-0.1, -0.05) is 11.6 Å². The fraction of sp³-hybridized carbons (Fsp3) is 0.526. The molecule has 3 rings (SSSR count). The second kappa shape index (κ2) is 9.55. The fourth-order valence-corrected chi connectivity index (χ4v) is 3.66. The Kier molecular flexibility index (Phi) is 7.06. The number of nitrogens with one attached hydrogen (secondary N) is 2. The van der Waals surface area contributed by atoms with Crippen molar-refractivity contribution in [1.82, 2.24) is 25.4 Å². The average Bonchev–Trinajstić information content (AvgIpc) is 3.32. The third kappa shape index (κ3) is 5.78. The number of hydrogen-bond donors (Lipinski definition) is 2. The van der Waals surface area contributed by atoms with E-state index in [1.165, 1.54) is 5.56 Å². The van der Waals surface area contributed by atoms with Crippen molar-refractivity contribution >= 4 is 23.4 Å². The minimum atomic E-state index is -4.46. The number of aromatic nitrogens is 3. The quantitative estimate of drug-likeness (QED) is 0.408. The maximum absolute atomic E-state index is 12.8. The van der Waals surface area contributed by atoms with Gasteiger partial charge in [0.1, 0.15) is 5.82 Å². The van der Waals surface area contributed by atoms with Crippen molar-refractivity contribution in [2.24, 2.45) is 12.0 Å². The van der Waals surface area contributed by atoms with Crippen LogP contribution in [-0.4, -0.2) is 53.4 Å². The number of rotatable bonds is 6. The number of alkyl halides is 3. The SMILES string of the molecule is CN=C(NCCCc1cnn(C)c1)NC1CCN(c2ncc(C(F)(F)F)cc2Cl)C1. The van der Waals surface area contributed by atoms with Crippen LogP contribution in [0.25, 0.3) is 0 Å². The van der Waals surface area contributed by atoms with Gasteiger partial charge in [0.2, 0.25) is 0 Å². The second-order valence-corrected chi connectivity index (χ2v) is 7.64. The number of hydrogen-bond acceptors (Lipinski definition) is 4. The van der Waals surface area contributed by atoms with Crippen molar-refractivity contribution in [3.8, 4) is 0 Å². The third-order valence-corrected chi connectivity index (χ3v) is 5.17. The van der Waals surface area contributed by atoms with E-state index in [2.05, 4.69) is 25.7 Å². The molecule has 0 saturated carbocycles. The van der Waals surface area contributed by atoms with Crippen LogP contribution in [0.3, 0.4) is 0 Å². The smallest absolute Gasteiger partial charge is 0.356 e. The molecule has 30 heavy (non-hydrogen) atoms. The van der Waals surface area contributed by atoms with Gasteiger partial charge in [-0.3, -0.25) is 9.67 Å². The van der Waals surface area contributed by atoms with Gasteiger partial charge in [0.05, 0.1) is 16.8 Å². The van der Waals surface area contributed by atoms with Gasteiger partial charge in [0.25, 0.3) is 0 Å². The van der Waals surface area contributed by atoms with E-state index in [-0.39, 0.29) is 11.1 Å². The molecule has 0 aromatic carbocycles. The summed E-state index contributed by atoms with van der Waals surface area (Å²) in [6.07, 6.45) is 2.89. The van der Waals surface area contributed by atoms with Crippen molar-refractivity contribution in [3.05, 3.63) is 40.8 Å². The average molecular weight is 444 g/mol. The zero-order valence-corrected chi connectivity index (χ0v) is 17.6. The molecule has 1 aliphatic heterocycles. The van der Waals surface area contributed by atoms with Crippen LogP contribution >= 0.6 is 11.6 Å². The Bertz CT molecular complexity index is 881. The molecule has 2 aromatic heterocycles. The molecule has 1 unspecified atom stereocenters. The van der Waals surface area contributed by atoms with Crippen LogP contribution < -0.4 is 15.5 Å². The Labute approximate surface area is 178 Å². The topological polar surface area (TPSA) is 70.4 Å². The highest BCUT2D eigenvalue weighted by molar-refractivity contribution is 6.33. The summed E-state index contributed by atoms with van der Waals surface area (Å²) in [7, 11) is 3.60. The first kappa shape index (κ1) is 22.2. The first-order valence-corrected chi connectivity index (χ1v) is 10.1. The number of aryl methyl sites for hydroxylation is 2. The molecule has 164 valence electrons. The number of anilines is 1. The van der Waals surface area contributed by atoms with Gasteiger partial charge in [0, 0.05) is 52.2 Å². The molecular formula is C19H25ClF3N7. The number of aliphatic imine (C=N–C) groups is 1. The maximum atomic E-state index is 12.8. The first-order valence-electron chi connectivity index (χ1n) is 9.68. The monoisotopic (exact) mass is 443 g/mol. The van der Waals surface area contributed by atoms with E-state index in [9.17, 15) is 13.2 Å². The highest BCUT2D eigenvalue weighted by Gasteiger charge is 2.33. The van der Waals surface area contributed by atoms with E-state index in [1.807, 2.05) is 24.3 Å². The van der Waals surface area contributed by atoms with Crippen LogP contribution in [0.15, 0.2) is 29.6 Å². The highest BCUT2D eigenvalue weighted by atomic mass is 35.5. The lowest BCUT2D eigenvalue weighted by atomic mass is 10.2. The van der Waals surface area contributed by atoms with Crippen molar-refractivity contribution < 1.29 is 13.2 Å². The molecule has 1 aliphatic rings. The summed E-state index contributed by atoms with van der Waals surface area (Å²) in [6.45, 7) is 1.99. The van der Waals surface area contributed by atoms with E-state index < -0.39 is 11.7 Å². The molecule has 1 atom stereocenters. The van der Waals surface area contributed by atoms with Crippen LogP contribution in [0.1, 0.15) is 24.0 Å². The molecule has 2 N–H and O–H groups in total. The van der Waals surface area contributed by atoms with E-state index in [1.54, 1.807) is 11.7 Å². The van der Waals surface area contributed by atoms with Crippen LogP contribution in [0.5, 0.6) is 0 Å². The van der Waals surface area contributed by atoms with Gasteiger partial charge in [-0.25, -0.2) is 4.98 Å². The second-order valence-electron chi connectivity index (χ2n) is 7.23. The third-order valence-electron chi connectivity index (χ3n) is 4.89. The van der Waals surface area contributed by atoms with Crippen LogP contribution in [0, 0.1) is 0 Å². The zero-order valence-electron chi connectivity index (χ0n) is 16.9. The lowest BCUT2D eigenvalue weighted by molar-refractivity contribution is -0.137. The minimum Gasteiger partial charge on any atom is -0.356 e. The minimum absolute atomic E-state index is 0.00313. The van der Waals surface area contributed by atoms with Crippen molar-refractivity contribution in [3.63, 3.8) is 0 Å². The molecule has 11 heteroatoms.